The molecule has 180 valence electrons. The molecule has 0 aromatic heterocycles. The average molecular weight is 459 g/mol. The molecule has 0 heterocycles. The molecule has 5 rings (SSSR count). The predicted molar refractivity (Wildman–Crippen MR) is 136 cm³/mol. The Hall–Kier alpha value is -2.55. The van der Waals surface area contributed by atoms with Crippen molar-refractivity contribution in [2.75, 3.05) is 6.61 Å². The number of aryl methyl sites for hydroxylation is 2. The van der Waals surface area contributed by atoms with E-state index >= 15 is 0 Å². The fourth-order valence-corrected chi connectivity index (χ4v) is 7.20. The molecule has 0 bridgehead atoms. The summed E-state index contributed by atoms with van der Waals surface area (Å²) in [7, 11) is 0. The topological polar surface area (TPSA) is 35.5 Å². The van der Waals surface area contributed by atoms with Gasteiger partial charge in [0.15, 0.2) is 0 Å². The van der Waals surface area contributed by atoms with E-state index in [0.29, 0.717) is 31.0 Å². The van der Waals surface area contributed by atoms with E-state index < -0.39 is 0 Å². The van der Waals surface area contributed by atoms with Crippen molar-refractivity contribution in [2.24, 2.45) is 17.3 Å². The largest absolute Gasteiger partial charge is 0.489 e. The summed E-state index contributed by atoms with van der Waals surface area (Å²) in [6.07, 6.45) is 9.81. The molecule has 0 aliphatic heterocycles. The molecule has 0 N–H and O–H groups in total. The molecular weight excluding hydrogens is 420 g/mol. The third-order valence-corrected chi connectivity index (χ3v) is 8.95. The van der Waals surface area contributed by atoms with E-state index in [2.05, 4.69) is 50.2 Å². The summed E-state index contributed by atoms with van der Waals surface area (Å²) in [4.78, 5) is 12.2. The van der Waals surface area contributed by atoms with Crippen LogP contribution in [0.1, 0.15) is 81.0 Å². The Balaban J connectivity index is 1.38. The zero-order valence-electron chi connectivity index (χ0n) is 20.9. The second-order valence-corrected chi connectivity index (χ2v) is 10.6. The quantitative estimate of drug-likeness (QED) is 0.340. The number of hydrogen-bond acceptors (Lipinski definition) is 3. The van der Waals surface area contributed by atoms with Crippen molar-refractivity contribution in [1.82, 2.24) is 0 Å². The van der Waals surface area contributed by atoms with Crippen molar-refractivity contribution in [1.29, 1.82) is 0 Å². The zero-order valence-corrected chi connectivity index (χ0v) is 20.9. The molecule has 0 saturated heterocycles. The molecule has 3 aliphatic carbocycles. The van der Waals surface area contributed by atoms with Gasteiger partial charge in [0.1, 0.15) is 12.4 Å². The second-order valence-electron chi connectivity index (χ2n) is 10.6. The number of hydrogen-bond donors (Lipinski definition) is 0. The third kappa shape index (κ3) is 4.19. The van der Waals surface area contributed by atoms with Crippen molar-refractivity contribution in [3.05, 3.63) is 76.4 Å². The number of esters is 1. The van der Waals surface area contributed by atoms with Crippen LogP contribution >= 0.6 is 0 Å². The molecule has 2 aromatic carbocycles. The first kappa shape index (κ1) is 23.2. The molecule has 0 amide bonds. The maximum absolute atomic E-state index is 12.2. The number of ether oxygens (including phenoxy) is 2. The van der Waals surface area contributed by atoms with Crippen LogP contribution in [-0.4, -0.2) is 12.6 Å². The zero-order chi connectivity index (χ0) is 23.7. The Labute approximate surface area is 204 Å². The van der Waals surface area contributed by atoms with Gasteiger partial charge in [-0.1, -0.05) is 55.8 Å². The van der Waals surface area contributed by atoms with Crippen molar-refractivity contribution < 1.29 is 14.3 Å². The number of rotatable bonds is 6. The molecule has 0 spiro atoms. The Morgan fingerprint density at radius 1 is 1.09 bits per heavy atom. The van der Waals surface area contributed by atoms with Crippen LogP contribution in [0.25, 0.3) is 0 Å². The summed E-state index contributed by atoms with van der Waals surface area (Å²) in [6, 6.07) is 15.3. The second kappa shape index (κ2) is 9.60. The monoisotopic (exact) mass is 458 g/mol. The van der Waals surface area contributed by atoms with Gasteiger partial charge in [-0.05, 0) is 103 Å². The van der Waals surface area contributed by atoms with Crippen LogP contribution in [-0.2, 0) is 29.0 Å². The van der Waals surface area contributed by atoms with Crippen molar-refractivity contribution in [2.45, 2.75) is 78.2 Å². The maximum Gasteiger partial charge on any atom is 0.330 e. The molecule has 3 nitrogen and oxygen atoms in total. The summed E-state index contributed by atoms with van der Waals surface area (Å²) in [5, 5.41) is 0. The van der Waals surface area contributed by atoms with Gasteiger partial charge in [-0.3, -0.25) is 0 Å². The molecule has 0 unspecified atom stereocenters. The highest BCUT2D eigenvalue weighted by atomic mass is 16.5. The van der Waals surface area contributed by atoms with Crippen LogP contribution < -0.4 is 4.74 Å². The Morgan fingerprint density at radius 2 is 1.91 bits per heavy atom. The van der Waals surface area contributed by atoms with Gasteiger partial charge in [0.25, 0.3) is 0 Å². The molecule has 3 heteroatoms. The van der Waals surface area contributed by atoms with Crippen LogP contribution in [0.5, 0.6) is 5.75 Å². The Kier molecular flexibility index (Phi) is 6.55. The van der Waals surface area contributed by atoms with Crippen molar-refractivity contribution in [3.8, 4) is 5.75 Å². The molecule has 2 aromatic rings. The van der Waals surface area contributed by atoms with Gasteiger partial charge in [-0.2, -0.15) is 0 Å². The lowest BCUT2D eigenvalue weighted by atomic mass is 9.55. The summed E-state index contributed by atoms with van der Waals surface area (Å²) in [5.74, 6) is 2.91. The molecule has 3 aliphatic rings. The smallest absolute Gasteiger partial charge is 0.330 e. The highest BCUT2D eigenvalue weighted by molar-refractivity contribution is 5.83. The van der Waals surface area contributed by atoms with E-state index in [1.54, 1.807) is 5.56 Å². The fourth-order valence-electron chi connectivity index (χ4n) is 7.20. The third-order valence-electron chi connectivity index (χ3n) is 8.95. The van der Waals surface area contributed by atoms with Crippen molar-refractivity contribution in [3.63, 3.8) is 0 Å². The van der Waals surface area contributed by atoms with Gasteiger partial charge < -0.3 is 9.47 Å². The summed E-state index contributed by atoms with van der Waals surface area (Å²) in [6.45, 7) is 7.59. The average Bonchev–Trinajstić information content (AvgIpc) is 3.18. The van der Waals surface area contributed by atoms with Gasteiger partial charge in [-0.15, -0.1) is 0 Å². The molecule has 2 fully saturated rings. The normalized spacial score (nSPS) is 28.7. The van der Waals surface area contributed by atoms with E-state index in [1.165, 1.54) is 41.5 Å². The lowest BCUT2D eigenvalue weighted by Gasteiger charge is -2.49. The lowest BCUT2D eigenvalue weighted by Crippen LogP contribution is -2.40. The van der Waals surface area contributed by atoms with Gasteiger partial charge >= 0.3 is 5.97 Å². The van der Waals surface area contributed by atoms with Crippen LogP contribution in [0.2, 0.25) is 0 Å². The fraction of sp³-hybridized carbons (Fsp3) is 0.516. The maximum atomic E-state index is 12.2. The van der Waals surface area contributed by atoms with E-state index in [0.717, 1.165) is 31.4 Å². The molecule has 4 atom stereocenters. The number of benzene rings is 2. The van der Waals surface area contributed by atoms with Crippen LogP contribution in [0.3, 0.4) is 0 Å². The molecular formula is C31H38O3. The number of allylic oxidation sites excluding steroid dienone is 1. The van der Waals surface area contributed by atoms with Crippen LogP contribution in [0.4, 0.5) is 0 Å². The molecule has 0 radical (unpaired) electrons. The number of fused-ring (bicyclic) bond motifs is 5. The number of carbonyl (C=O) groups excluding carboxylic acids is 1. The van der Waals surface area contributed by atoms with Crippen LogP contribution in [0, 0.1) is 17.3 Å². The summed E-state index contributed by atoms with van der Waals surface area (Å²) >= 11 is 0. The summed E-state index contributed by atoms with van der Waals surface area (Å²) < 4.78 is 11.6. The predicted octanol–water partition coefficient (Wildman–Crippen LogP) is 7.17. The first-order valence-corrected chi connectivity index (χ1v) is 13.2. The highest BCUT2D eigenvalue weighted by Crippen LogP contribution is 2.63. The van der Waals surface area contributed by atoms with Gasteiger partial charge in [0, 0.05) is 6.08 Å². The highest BCUT2D eigenvalue weighted by Gasteiger charge is 2.52. The molecule has 2 saturated carbocycles. The van der Waals surface area contributed by atoms with Gasteiger partial charge in [0.2, 0.25) is 0 Å². The Morgan fingerprint density at radius 3 is 2.68 bits per heavy atom. The van der Waals surface area contributed by atoms with Gasteiger partial charge in [0.05, 0.1) is 6.61 Å². The standard InChI is InChI=1S/C31H38O3/c1-4-22-17-27-23(18-29(22)34-20-21-9-7-6-8-10-21)11-13-26-25(27)15-16-31(3)24(12-14-28(26)31)19-30(32)33-5-2/h6-10,17-19,25-26,28H,4-5,11-16,20H2,1-3H3/b24-19+/t25-,26+,28-,31+/m0/s1. The Bertz CT molecular complexity index is 1070. The number of carbonyl (C=O) groups is 1. The minimum Gasteiger partial charge on any atom is -0.489 e. The minimum atomic E-state index is -0.161. The minimum absolute atomic E-state index is 0.151. The summed E-state index contributed by atoms with van der Waals surface area (Å²) in [5.41, 5.74) is 7.09. The SMILES string of the molecule is CCOC(=O)/C=C1\CC[C@H]2[C@@H]3CCc4cc(OCc5ccccc5)c(CC)cc4[C@H]3CC[C@]12C. The van der Waals surface area contributed by atoms with E-state index in [4.69, 9.17) is 9.47 Å². The van der Waals surface area contributed by atoms with E-state index in [9.17, 15) is 4.79 Å². The van der Waals surface area contributed by atoms with Crippen LogP contribution in [0.15, 0.2) is 54.1 Å². The first-order chi connectivity index (χ1) is 16.5. The van der Waals surface area contributed by atoms with Crippen molar-refractivity contribution >= 4 is 5.97 Å². The van der Waals surface area contributed by atoms with E-state index in [1.807, 2.05) is 19.1 Å². The first-order valence-electron chi connectivity index (χ1n) is 13.2. The molecule has 34 heavy (non-hydrogen) atoms. The van der Waals surface area contributed by atoms with Gasteiger partial charge in [-0.25, -0.2) is 4.79 Å². The van der Waals surface area contributed by atoms with E-state index in [-0.39, 0.29) is 11.4 Å². The lowest BCUT2D eigenvalue weighted by molar-refractivity contribution is -0.137.